The predicted octanol–water partition coefficient (Wildman–Crippen LogP) is -0.294. The molecule has 0 saturated carbocycles. The molecule has 5 heavy (non-hydrogen) atoms. The maximum atomic E-state index is 8.44. The summed E-state index contributed by atoms with van der Waals surface area (Å²) in [4.78, 5) is 0. The number of rotatable bonds is 0. The summed E-state index contributed by atoms with van der Waals surface area (Å²) in [7, 11) is 0. The molecule has 0 aromatic heterocycles. The molecular weight excluding hydrogens is 139 g/mol. The Morgan fingerprint density at radius 2 is 1.00 bits per heavy atom. The molecule has 0 aliphatic heterocycles. The Morgan fingerprint density at radius 3 is 1.00 bits per heavy atom. The van der Waals surface area contributed by atoms with Gasteiger partial charge in [-0.3, -0.25) is 0 Å². The van der Waals surface area contributed by atoms with Crippen LogP contribution in [0.15, 0.2) is 0 Å². The molecule has 4 nitrogen and oxygen atoms in total. The minimum atomic E-state index is -1.62. The van der Waals surface area contributed by atoms with E-state index in [1.165, 1.54) is 0 Å². The van der Waals surface area contributed by atoms with Crippen LogP contribution in [0.3, 0.4) is 0 Å². The molecule has 0 radical (unpaired) electrons. The van der Waals surface area contributed by atoms with E-state index in [0.717, 1.165) is 0 Å². The second-order valence-corrected chi connectivity index (χ2v) is 0.354. The van der Waals surface area contributed by atoms with Gasteiger partial charge in [-0.05, 0) is 0 Å². The van der Waals surface area contributed by atoms with Crippen molar-refractivity contribution in [3.8, 4) is 0 Å². The molecule has 0 aliphatic carbocycles. The standard InChI is InChI=1S/2H3N.O2Se/c;;1-3-2/h2*1H3;. The van der Waals surface area contributed by atoms with Crippen LogP contribution < -0.4 is 12.3 Å². The molecule has 0 rings (SSSR count). The van der Waals surface area contributed by atoms with Crippen LogP contribution in [0, 0.1) is 0 Å². The fourth-order valence-electron chi connectivity index (χ4n) is 0. The molecular formula is H6N2O2Se. The Morgan fingerprint density at radius 1 is 1.00 bits per heavy atom. The van der Waals surface area contributed by atoms with E-state index in [2.05, 4.69) is 0 Å². The number of hydrogen-bond donors (Lipinski definition) is 2. The molecule has 34 valence electrons. The first-order valence-corrected chi connectivity index (χ1v) is 1.73. The van der Waals surface area contributed by atoms with Gasteiger partial charge in [-0.2, -0.15) is 0 Å². The first kappa shape index (κ1) is 19.8. The normalized spacial score (nSPS) is 2.40. The topological polar surface area (TPSA) is 104 Å². The van der Waals surface area contributed by atoms with Crippen molar-refractivity contribution in [3.63, 3.8) is 0 Å². The monoisotopic (exact) mass is 146 g/mol. The third kappa shape index (κ3) is 10800. The van der Waals surface area contributed by atoms with E-state index in [1.54, 1.807) is 0 Å². The van der Waals surface area contributed by atoms with Gasteiger partial charge in [0.2, 0.25) is 0 Å². The van der Waals surface area contributed by atoms with Crippen LogP contribution in [0.4, 0.5) is 0 Å². The number of hydrogen-bond acceptors (Lipinski definition) is 4. The molecule has 0 atom stereocenters. The third-order valence-electron chi connectivity index (χ3n) is 0. The Balaban J connectivity index is -0.0000000200. The Labute approximate surface area is 35.7 Å². The first-order chi connectivity index (χ1) is 1.41. The fourth-order valence-corrected chi connectivity index (χ4v) is 0. The summed E-state index contributed by atoms with van der Waals surface area (Å²) in [5.74, 6) is 0. The van der Waals surface area contributed by atoms with Gasteiger partial charge in [0, 0.05) is 0 Å². The molecule has 0 fully saturated rings. The van der Waals surface area contributed by atoms with Gasteiger partial charge in [0.1, 0.15) is 0 Å². The van der Waals surface area contributed by atoms with Crippen molar-refractivity contribution in [2.75, 3.05) is 0 Å². The van der Waals surface area contributed by atoms with Crippen LogP contribution in [-0.4, -0.2) is 14.8 Å². The van der Waals surface area contributed by atoms with Crippen molar-refractivity contribution in [1.82, 2.24) is 12.3 Å². The van der Waals surface area contributed by atoms with Crippen molar-refractivity contribution in [3.05, 3.63) is 0 Å². The molecule has 6 N–H and O–H groups in total. The van der Waals surface area contributed by atoms with Crippen LogP contribution >= 0.6 is 0 Å². The maximum absolute atomic E-state index is 8.44. The fraction of sp³-hybridized carbons (Fsp3) is 0. The van der Waals surface area contributed by atoms with Crippen LogP contribution in [0.5, 0.6) is 0 Å². The van der Waals surface area contributed by atoms with Crippen molar-refractivity contribution in [2.45, 2.75) is 0 Å². The molecule has 0 unspecified atom stereocenters. The van der Waals surface area contributed by atoms with Gasteiger partial charge < -0.3 is 12.3 Å². The molecule has 0 spiro atoms. The summed E-state index contributed by atoms with van der Waals surface area (Å²) in [6, 6.07) is 0. The predicted molar refractivity (Wildman–Crippen MR) is 17.2 cm³/mol. The van der Waals surface area contributed by atoms with E-state index < -0.39 is 14.8 Å². The molecule has 0 saturated heterocycles. The van der Waals surface area contributed by atoms with E-state index in [9.17, 15) is 0 Å². The molecule has 0 heterocycles. The zero-order valence-electron chi connectivity index (χ0n) is 2.64. The van der Waals surface area contributed by atoms with Crippen molar-refractivity contribution >= 4 is 14.8 Å². The van der Waals surface area contributed by atoms with Gasteiger partial charge in [0.05, 0.1) is 0 Å². The first-order valence-electron chi connectivity index (χ1n) is 0.333. The minimum absolute atomic E-state index is 0. The zero-order valence-corrected chi connectivity index (χ0v) is 4.35. The van der Waals surface area contributed by atoms with Crippen LogP contribution in [0.1, 0.15) is 0 Å². The van der Waals surface area contributed by atoms with Crippen molar-refractivity contribution < 1.29 is 7.67 Å². The van der Waals surface area contributed by atoms with Crippen molar-refractivity contribution in [1.29, 1.82) is 0 Å². The molecule has 0 amide bonds. The third-order valence-corrected chi connectivity index (χ3v) is 0. The van der Waals surface area contributed by atoms with E-state index in [-0.39, 0.29) is 12.3 Å². The zero-order chi connectivity index (χ0) is 2.71. The average molecular weight is 145 g/mol. The Bertz CT molecular complexity index is 28.6. The summed E-state index contributed by atoms with van der Waals surface area (Å²) in [6.45, 7) is 0. The second kappa shape index (κ2) is 34.5. The quantitative estimate of drug-likeness (QED) is 0.456. The molecule has 0 aliphatic rings. The summed E-state index contributed by atoms with van der Waals surface area (Å²) in [6.07, 6.45) is 0. The van der Waals surface area contributed by atoms with E-state index >= 15 is 0 Å². The molecule has 5 heteroatoms. The van der Waals surface area contributed by atoms with Gasteiger partial charge in [0.25, 0.3) is 0 Å². The van der Waals surface area contributed by atoms with Crippen LogP contribution in [-0.2, 0) is 7.67 Å². The molecule has 0 aromatic carbocycles. The van der Waals surface area contributed by atoms with Crippen LogP contribution in [0.2, 0.25) is 0 Å². The van der Waals surface area contributed by atoms with Crippen LogP contribution in [0.25, 0.3) is 0 Å². The van der Waals surface area contributed by atoms with Gasteiger partial charge in [-0.15, -0.1) is 0 Å². The van der Waals surface area contributed by atoms with Crippen molar-refractivity contribution in [2.24, 2.45) is 0 Å². The summed E-state index contributed by atoms with van der Waals surface area (Å²) >= 11 is -1.62. The molecule has 0 bridgehead atoms. The molecule has 0 aromatic rings. The summed E-state index contributed by atoms with van der Waals surface area (Å²) < 4.78 is 16.9. The van der Waals surface area contributed by atoms with Gasteiger partial charge >= 0.3 is 22.5 Å². The van der Waals surface area contributed by atoms with E-state index in [0.29, 0.717) is 0 Å². The van der Waals surface area contributed by atoms with Gasteiger partial charge in [-0.1, -0.05) is 0 Å². The Hall–Kier alpha value is 0.0395. The SMILES string of the molecule is N.N.O=[Se]=O. The average Bonchev–Trinajstić information content (AvgIpc) is 0.918. The summed E-state index contributed by atoms with van der Waals surface area (Å²) in [5, 5.41) is 0. The van der Waals surface area contributed by atoms with E-state index in [1.807, 2.05) is 0 Å². The Kier molecular flexibility index (Phi) is 137. The van der Waals surface area contributed by atoms with E-state index in [4.69, 9.17) is 7.67 Å². The summed E-state index contributed by atoms with van der Waals surface area (Å²) in [5.41, 5.74) is 0. The van der Waals surface area contributed by atoms with Gasteiger partial charge in [0.15, 0.2) is 0 Å². The second-order valence-electron chi connectivity index (χ2n) is 0.0680. The van der Waals surface area contributed by atoms with Gasteiger partial charge in [-0.25, -0.2) is 0 Å².